The van der Waals surface area contributed by atoms with Crippen LogP contribution in [-0.2, 0) is 4.74 Å². The van der Waals surface area contributed by atoms with Crippen LogP contribution >= 0.6 is 15.9 Å². The summed E-state index contributed by atoms with van der Waals surface area (Å²) in [6, 6.07) is 7.04. The number of nitrogens with one attached hydrogen (secondary N) is 1. The summed E-state index contributed by atoms with van der Waals surface area (Å²) < 4.78 is 6.77. The molecule has 1 saturated heterocycles. The first-order chi connectivity index (χ1) is 9.45. The van der Waals surface area contributed by atoms with E-state index in [4.69, 9.17) is 4.74 Å². The van der Waals surface area contributed by atoms with Crippen LogP contribution in [0.5, 0.6) is 0 Å². The molecule has 3 nitrogen and oxygen atoms in total. The molecule has 1 aromatic rings. The minimum atomic E-state index is 0.0481. The number of rotatable bonds is 4. The van der Waals surface area contributed by atoms with Gasteiger partial charge in [0.2, 0.25) is 0 Å². The number of anilines is 1. The Hall–Kier alpha value is -0.580. The summed E-state index contributed by atoms with van der Waals surface area (Å²) in [7, 11) is 0. The smallest absolute Gasteiger partial charge is 0.0694 e. The van der Waals surface area contributed by atoms with Gasteiger partial charge in [-0.05, 0) is 45.0 Å². The van der Waals surface area contributed by atoms with E-state index in [9.17, 15) is 0 Å². The van der Waals surface area contributed by atoms with Gasteiger partial charge in [-0.1, -0.05) is 28.9 Å². The van der Waals surface area contributed by atoms with Crippen molar-refractivity contribution in [1.29, 1.82) is 0 Å². The van der Waals surface area contributed by atoms with Crippen molar-refractivity contribution < 1.29 is 4.74 Å². The Balaban J connectivity index is 2.24. The summed E-state index contributed by atoms with van der Waals surface area (Å²) >= 11 is 3.72. The fraction of sp³-hybridized carbons (Fsp3) is 0.625. The summed E-state index contributed by atoms with van der Waals surface area (Å²) in [5.41, 5.74) is 2.62. The van der Waals surface area contributed by atoms with Gasteiger partial charge < -0.3 is 15.0 Å². The average molecular weight is 341 g/mol. The Morgan fingerprint density at radius 2 is 2.20 bits per heavy atom. The molecule has 0 spiro atoms. The van der Waals surface area contributed by atoms with E-state index >= 15 is 0 Å². The lowest BCUT2D eigenvalue weighted by atomic mass is 10.0. The van der Waals surface area contributed by atoms with Gasteiger partial charge in [0.25, 0.3) is 0 Å². The third-order valence-electron chi connectivity index (χ3n) is 3.92. The van der Waals surface area contributed by atoms with Crippen LogP contribution in [0.15, 0.2) is 22.7 Å². The van der Waals surface area contributed by atoms with Crippen molar-refractivity contribution in [3.05, 3.63) is 28.2 Å². The molecule has 1 heterocycles. The van der Waals surface area contributed by atoms with Crippen LogP contribution in [-0.4, -0.2) is 31.8 Å². The van der Waals surface area contributed by atoms with Crippen molar-refractivity contribution in [1.82, 2.24) is 5.32 Å². The molecule has 4 heteroatoms. The molecular formula is C16H25BrN2O. The van der Waals surface area contributed by atoms with Crippen molar-refractivity contribution in [2.45, 2.75) is 39.3 Å². The lowest BCUT2D eigenvalue weighted by Gasteiger charge is -2.44. The molecule has 0 aromatic heterocycles. The van der Waals surface area contributed by atoms with Crippen LogP contribution in [0.3, 0.4) is 0 Å². The Labute approximate surface area is 130 Å². The fourth-order valence-electron chi connectivity index (χ4n) is 2.79. The topological polar surface area (TPSA) is 24.5 Å². The molecule has 0 amide bonds. The average Bonchev–Trinajstić information content (AvgIpc) is 2.38. The molecule has 1 unspecified atom stereocenters. The van der Waals surface area contributed by atoms with Gasteiger partial charge >= 0.3 is 0 Å². The Morgan fingerprint density at radius 3 is 2.80 bits per heavy atom. The molecule has 112 valence electrons. The molecule has 0 aliphatic carbocycles. The summed E-state index contributed by atoms with van der Waals surface area (Å²) in [6.07, 6.45) is 0. The van der Waals surface area contributed by atoms with Gasteiger partial charge in [-0.15, -0.1) is 0 Å². The second-order valence-electron chi connectivity index (χ2n) is 6.00. The minimum absolute atomic E-state index is 0.0481. The van der Waals surface area contributed by atoms with Crippen LogP contribution < -0.4 is 10.2 Å². The summed E-state index contributed by atoms with van der Waals surface area (Å²) in [5.74, 6) is 0. The molecule has 0 bridgehead atoms. The highest BCUT2D eigenvalue weighted by Crippen LogP contribution is 2.32. The van der Waals surface area contributed by atoms with Gasteiger partial charge in [0.05, 0.1) is 18.8 Å². The van der Waals surface area contributed by atoms with Crippen LogP contribution in [0, 0.1) is 0 Å². The maximum Gasteiger partial charge on any atom is 0.0694 e. The monoisotopic (exact) mass is 340 g/mol. The van der Waals surface area contributed by atoms with E-state index in [1.54, 1.807) is 0 Å². The molecule has 1 N–H and O–H groups in total. The number of hydrogen-bond acceptors (Lipinski definition) is 3. The molecule has 1 aliphatic rings. The molecule has 1 atom stereocenters. The van der Waals surface area contributed by atoms with Gasteiger partial charge in [-0.25, -0.2) is 0 Å². The van der Waals surface area contributed by atoms with Crippen molar-refractivity contribution in [3.63, 3.8) is 0 Å². The van der Waals surface area contributed by atoms with Gasteiger partial charge in [0.1, 0.15) is 0 Å². The quantitative estimate of drug-likeness (QED) is 0.903. The normalized spacial score (nSPS) is 19.9. The van der Waals surface area contributed by atoms with E-state index in [2.05, 4.69) is 72.0 Å². The lowest BCUT2D eigenvalue weighted by molar-refractivity contribution is 0.0644. The van der Waals surface area contributed by atoms with Gasteiger partial charge in [0.15, 0.2) is 0 Å². The predicted molar refractivity (Wildman–Crippen MR) is 88.5 cm³/mol. The molecular weight excluding hydrogens is 316 g/mol. The summed E-state index contributed by atoms with van der Waals surface area (Å²) in [5, 5.41) is 3.45. The maximum atomic E-state index is 5.60. The zero-order valence-corrected chi connectivity index (χ0v) is 14.5. The zero-order chi connectivity index (χ0) is 14.8. The third kappa shape index (κ3) is 3.35. The number of hydrogen-bond donors (Lipinski definition) is 1. The van der Waals surface area contributed by atoms with Gasteiger partial charge in [0, 0.05) is 22.7 Å². The van der Waals surface area contributed by atoms with Gasteiger partial charge in [-0.3, -0.25) is 0 Å². The number of benzene rings is 1. The molecule has 1 aliphatic heterocycles. The Bertz CT molecular complexity index is 462. The molecule has 2 rings (SSSR count). The SMILES string of the molecule is CCNC(C)c1ccc(N2CCOCC2(C)C)cc1Br. The van der Waals surface area contributed by atoms with E-state index in [1.165, 1.54) is 15.7 Å². The van der Waals surface area contributed by atoms with E-state index < -0.39 is 0 Å². The van der Waals surface area contributed by atoms with Crippen LogP contribution in [0.25, 0.3) is 0 Å². The number of ether oxygens (including phenoxy) is 1. The minimum Gasteiger partial charge on any atom is -0.377 e. The largest absolute Gasteiger partial charge is 0.377 e. The first-order valence-electron chi connectivity index (χ1n) is 7.34. The summed E-state index contributed by atoms with van der Waals surface area (Å²) in [4.78, 5) is 2.43. The van der Waals surface area contributed by atoms with E-state index in [0.717, 1.165) is 26.3 Å². The number of morpholine rings is 1. The van der Waals surface area contributed by atoms with E-state index in [1.807, 2.05) is 0 Å². The Morgan fingerprint density at radius 1 is 1.45 bits per heavy atom. The Kier molecular flexibility index (Phi) is 5.10. The second kappa shape index (κ2) is 6.46. The highest BCUT2D eigenvalue weighted by molar-refractivity contribution is 9.10. The van der Waals surface area contributed by atoms with Crippen molar-refractivity contribution in [2.75, 3.05) is 31.2 Å². The third-order valence-corrected chi connectivity index (χ3v) is 4.60. The molecule has 0 saturated carbocycles. The zero-order valence-electron chi connectivity index (χ0n) is 12.9. The highest BCUT2D eigenvalue weighted by Gasteiger charge is 2.30. The molecule has 1 aromatic carbocycles. The van der Waals surface area contributed by atoms with Crippen molar-refractivity contribution in [2.24, 2.45) is 0 Å². The first-order valence-corrected chi connectivity index (χ1v) is 8.13. The molecule has 20 heavy (non-hydrogen) atoms. The maximum absolute atomic E-state index is 5.60. The second-order valence-corrected chi connectivity index (χ2v) is 6.86. The fourth-order valence-corrected chi connectivity index (χ4v) is 3.50. The number of halogens is 1. The van der Waals surface area contributed by atoms with Crippen LogP contribution in [0.4, 0.5) is 5.69 Å². The standard InChI is InChI=1S/C16H25BrN2O/c1-5-18-12(2)14-7-6-13(10-15(14)17)19-8-9-20-11-16(19,3)4/h6-7,10,12,18H,5,8-9,11H2,1-4H3. The summed E-state index contributed by atoms with van der Waals surface area (Å²) in [6.45, 7) is 12.3. The van der Waals surface area contributed by atoms with E-state index in [-0.39, 0.29) is 5.54 Å². The van der Waals surface area contributed by atoms with Crippen LogP contribution in [0.1, 0.15) is 39.3 Å². The van der Waals surface area contributed by atoms with Crippen molar-refractivity contribution in [3.8, 4) is 0 Å². The number of nitrogens with zero attached hydrogens (tertiary/aromatic N) is 1. The lowest BCUT2D eigenvalue weighted by Crippen LogP contribution is -2.53. The van der Waals surface area contributed by atoms with Crippen molar-refractivity contribution >= 4 is 21.6 Å². The van der Waals surface area contributed by atoms with E-state index in [0.29, 0.717) is 6.04 Å². The first kappa shape index (κ1) is 15.8. The highest BCUT2D eigenvalue weighted by atomic mass is 79.9. The molecule has 1 fully saturated rings. The molecule has 0 radical (unpaired) electrons. The van der Waals surface area contributed by atoms with Crippen LogP contribution in [0.2, 0.25) is 0 Å². The predicted octanol–water partition coefficient (Wildman–Crippen LogP) is 3.73. The van der Waals surface area contributed by atoms with Gasteiger partial charge in [-0.2, -0.15) is 0 Å².